The number of benzene rings is 1. The highest BCUT2D eigenvalue weighted by Gasteiger charge is 2.18. The molecule has 118 valence electrons. The van der Waals surface area contributed by atoms with E-state index in [-0.39, 0.29) is 11.4 Å². The zero-order chi connectivity index (χ0) is 15.8. The highest BCUT2D eigenvalue weighted by Crippen LogP contribution is 2.32. The van der Waals surface area contributed by atoms with Crippen molar-refractivity contribution in [1.82, 2.24) is 0 Å². The monoisotopic (exact) mass is 300 g/mol. The van der Waals surface area contributed by atoms with E-state index in [0.29, 0.717) is 25.7 Å². The predicted molar refractivity (Wildman–Crippen MR) is 78.4 cm³/mol. The van der Waals surface area contributed by atoms with Gasteiger partial charge in [-0.2, -0.15) is 0 Å². The van der Waals surface area contributed by atoms with Gasteiger partial charge < -0.3 is 14.8 Å². The second-order valence-electron chi connectivity index (χ2n) is 4.98. The van der Waals surface area contributed by atoms with Crippen LogP contribution in [0.3, 0.4) is 0 Å². The first kappa shape index (κ1) is 17.2. The first-order chi connectivity index (χ1) is 9.95. The molecule has 6 nitrogen and oxygen atoms in total. The Balaban J connectivity index is 2.54. The largest absolute Gasteiger partial charge is 0.490 e. The molecule has 0 bridgehead atoms. The van der Waals surface area contributed by atoms with Gasteiger partial charge in [-0.3, -0.25) is 10.1 Å². The van der Waals surface area contributed by atoms with Crippen molar-refractivity contribution < 1.29 is 18.8 Å². The Morgan fingerprint density at radius 2 is 2.10 bits per heavy atom. The molecule has 0 saturated carbocycles. The number of nitrogens with one attached hydrogen (secondary N) is 1. The standard InChI is InChI=1S/C14H21FN2O4/c1-10(2)4-6-21-7-5-16-12-9-14(20-3)13(17(18)19)8-11(12)15/h8-10,16H,4-7H2,1-3H3. The average Bonchev–Trinajstić information content (AvgIpc) is 2.43. The van der Waals surface area contributed by atoms with Gasteiger partial charge in [0.1, 0.15) is 0 Å². The first-order valence-corrected chi connectivity index (χ1v) is 6.79. The fraction of sp³-hybridized carbons (Fsp3) is 0.571. The number of nitro groups is 1. The molecule has 0 aliphatic rings. The zero-order valence-corrected chi connectivity index (χ0v) is 12.5. The van der Waals surface area contributed by atoms with E-state index in [4.69, 9.17) is 9.47 Å². The maximum absolute atomic E-state index is 13.7. The summed E-state index contributed by atoms with van der Waals surface area (Å²) in [5.74, 6) is -0.0938. The second-order valence-corrected chi connectivity index (χ2v) is 4.98. The molecule has 1 aromatic carbocycles. The minimum atomic E-state index is -0.690. The van der Waals surface area contributed by atoms with Crippen molar-refractivity contribution in [2.75, 3.05) is 32.2 Å². The number of hydrogen-bond acceptors (Lipinski definition) is 5. The van der Waals surface area contributed by atoms with E-state index >= 15 is 0 Å². The number of nitro benzene ring substituents is 1. The summed E-state index contributed by atoms with van der Waals surface area (Å²) in [4.78, 5) is 10.1. The molecule has 0 fully saturated rings. The highest BCUT2D eigenvalue weighted by molar-refractivity contribution is 5.59. The summed E-state index contributed by atoms with van der Waals surface area (Å²) in [5, 5.41) is 13.6. The third kappa shape index (κ3) is 5.55. The molecule has 21 heavy (non-hydrogen) atoms. The van der Waals surface area contributed by atoms with Crippen molar-refractivity contribution in [2.24, 2.45) is 5.92 Å². The van der Waals surface area contributed by atoms with Gasteiger partial charge in [0.2, 0.25) is 0 Å². The summed E-state index contributed by atoms with van der Waals surface area (Å²) in [7, 11) is 1.30. The van der Waals surface area contributed by atoms with Crippen LogP contribution >= 0.6 is 0 Å². The van der Waals surface area contributed by atoms with Crippen LogP contribution in [0.25, 0.3) is 0 Å². The molecule has 0 heterocycles. The number of anilines is 1. The van der Waals surface area contributed by atoms with Crippen LogP contribution in [-0.2, 0) is 4.74 Å². The quantitative estimate of drug-likeness (QED) is 0.430. The Bertz CT molecular complexity index is 480. The lowest BCUT2D eigenvalue weighted by molar-refractivity contribution is -0.385. The zero-order valence-electron chi connectivity index (χ0n) is 12.5. The van der Waals surface area contributed by atoms with Crippen LogP contribution in [0.1, 0.15) is 20.3 Å². The van der Waals surface area contributed by atoms with Gasteiger partial charge in [-0.25, -0.2) is 4.39 Å². The van der Waals surface area contributed by atoms with Crippen molar-refractivity contribution in [3.63, 3.8) is 0 Å². The molecule has 0 aliphatic carbocycles. The van der Waals surface area contributed by atoms with E-state index in [9.17, 15) is 14.5 Å². The maximum atomic E-state index is 13.7. The molecule has 0 radical (unpaired) electrons. The minimum absolute atomic E-state index is 0.0182. The average molecular weight is 300 g/mol. The van der Waals surface area contributed by atoms with Crippen LogP contribution in [0.4, 0.5) is 15.8 Å². The highest BCUT2D eigenvalue weighted by atomic mass is 19.1. The summed E-state index contributed by atoms with van der Waals surface area (Å²) >= 11 is 0. The Labute approximate surface area is 123 Å². The van der Waals surface area contributed by atoms with Gasteiger partial charge in [0.15, 0.2) is 11.6 Å². The summed E-state index contributed by atoms with van der Waals surface area (Å²) in [6.07, 6.45) is 0.972. The molecule has 1 N–H and O–H groups in total. The van der Waals surface area contributed by atoms with Gasteiger partial charge in [0.25, 0.3) is 0 Å². The molecule has 7 heteroatoms. The van der Waals surface area contributed by atoms with Gasteiger partial charge in [0, 0.05) is 19.2 Å². The lowest BCUT2D eigenvalue weighted by Crippen LogP contribution is -2.12. The number of ether oxygens (including phenoxy) is 2. The van der Waals surface area contributed by atoms with Crippen molar-refractivity contribution >= 4 is 11.4 Å². The van der Waals surface area contributed by atoms with Crippen LogP contribution in [0.5, 0.6) is 5.75 Å². The van der Waals surface area contributed by atoms with Gasteiger partial charge in [-0.15, -0.1) is 0 Å². The van der Waals surface area contributed by atoms with E-state index in [1.54, 1.807) is 0 Å². The normalized spacial score (nSPS) is 10.7. The van der Waals surface area contributed by atoms with E-state index in [0.717, 1.165) is 12.5 Å². The molecule has 0 aliphatic heterocycles. The van der Waals surface area contributed by atoms with Crippen LogP contribution in [-0.4, -0.2) is 31.8 Å². The SMILES string of the molecule is COc1cc(NCCOCCC(C)C)c(F)cc1[N+](=O)[O-]. The summed E-state index contributed by atoms with van der Waals surface area (Å²) in [5.41, 5.74) is -0.237. The molecular formula is C14H21FN2O4. The third-order valence-electron chi connectivity index (χ3n) is 2.87. The van der Waals surface area contributed by atoms with Crippen molar-refractivity contribution in [3.8, 4) is 5.75 Å². The third-order valence-corrected chi connectivity index (χ3v) is 2.87. The van der Waals surface area contributed by atoms with Crippen molar-refractivity contribution in [1.29, 1.82) is 0 Å². The van der Waals surface area contributed by atoms with E-state index in [1.807, 2.05) is 0 Å². The predicted octanol–water partition coefficient (Wildman–Crippen LogP) is 3.22. The number of halogens is 1. The first-order valence-electron chi connectivity index (χ1n) is 6.79. The smallest absolute Gasteiger partial charge is 0.313 e. The second kappa shape index (κ2) is 8.41. The topological polar surface area (TPSA) is 73.6 Å². The molecule has 0 unspecified atom stereocenters. The van der Waals surface area contributed by atoms with E-state index in [2.05, 4.69) is 19.2 Å². The molecule has 0 amide bonds. The molecule has 0 spiro atoms. The van der Waals surface area contributed by atoms with Crippen LogP contribution in [0.15, 0.2) is 12.1 Å². The van der Waals surface area contributed by atoms with Gasteiger partial charge in [-0.1, -0.05) is 13.8 Å². The van der Waals surface area contributed by atoms with Crippen LogP contribution < -0.4 is 10.1 Å². The van der Waals surface area contributed by atoms with Gasteiger partial charge >= 0.3 is 5.69 Å². The van der Waals surface area contributed by atoms with Crippen LogP contribution in [0, 0.1) is 21.8 Å². The lowest BCUT2D eigenvalue weighted by atomic mass is 10.1. The van der Waals surface area contributed by atoms with E-state index in [1.165, 1.54) is 13.2 Å². The summed E-state index contributed by atoms with van der Waals surface area (Å²) in [6, 6.07) is 2.13. The molecule has 1 rings (SSSR count). The summed E-state index contributed by atoms with van der Waals surface area (Å²) < 4.78 is 24.0. The maximum Gasteiger partial charge on any atom is 0.313 e. The minimum Gasteiger partial charge on any atom is -0.490 e. The van der Waals surface area contributed by atoms with Gasteiger partial charge in [0.05, 0.1) is 30.4 Å². The van der Waals surface area contributed by atoms with Crippen LogP contribution in [0.2, 0.25) is 0 Å². The van der Waals surface area contributed by atoms with E-state index < -0.39 is 16.4 Å². The Morgan fingerprint density at radius 1 is 1.38 bits per heavy atom. The molecule has 0 aromatic heterocycles. The van der Waals surface area contributed by atoms with Crippen molar-refractivity contribution in [2.45, 2.75) is 20.3 Å². The van der Waals surface area contributed by atoms with Crippen molar-refractivity contribution in [3.05, 3.63) is 28.1 Å². The van der Waals surface area contributed by atoms with Gasteiger partial charge in [-0.05, 0) is 12.3 Å². The Kier molecular flexibility index (Phi) is 6.87. The molecule has 0 saturated heterocycles. The summed E-state index contributed by atoms with van der Waals surface area (Å²) in [6.45, 7) is 5.73. The molecular weight excluding hydrogens is 279 g/mol. The Hall–Kier alpha value is -1.89. The lowest BCUT2D eigenvalue weighted by Gasteiger charge is -2.10. The number of hydrogen-bond donors (Lipinski definition) is 1. The number of methoxy groups -OCH3 is 1. The number of rotatable bonds is 9. The fourth-order valence-electron chi connectivity index (χ4n) is 1.66. The fourth-order valence-corrected chi connectivity index (χ4v) is 1.66. The number of nitrogens with zero attached hydrogens (tertiary/aromatic N) is 1. The molecule has 1 aromatic rings. The molecule has 0 atom stereocenters. The Morgan fingerprint density at radius 3 is 2.67 bits per heavy atom.